The van der Waals surface area contributed by atoms with Gasteiger partial charge in [0.2, 0.25) is 0 Å². The van der Waals surface area contributed by atoms with Crippen molar-refractivity contribution in [3.63, 3.8) is 0 Å². The van der Waals surface area contributed by atoms with E-state index in [-0.39, 0.29) is 0 Å². The van der Waals surface area contributed by atoms with E-state index in [1.807, 2.05) is 13.8 Å². The summed E-state index contributed by atoms with van der Waals surface area (Å²) in [4.78, 5) is 0. The third-order valence-electron chi connectivity index (χ3n) is 3.61. The molecule has 0 saturated heterocycles. The Labute approximate surface area is 111 Å². The van der Waals surface area contributed by atoms with Gasteiger partial charge in [0.15, 0.2) is 0 Å². The number of aliphatic hydroxyl groups is 1. The van der Waals surface area contributed by atoms with E-state index >= 15 is 0 Å². The van der Waals surface area contributed by atoms with Gasteiger partial charge in [-0.2, -0.15) is 0 Å². The zero-order valence-electron chi connectivity index (χ0n) is 11.6. The fourth-order valence-electron chi connectivity index (χ4n) is 2.51. The molecule has 1 aromatic carbocycles. The van der Waals surface area contributed by atoms with Gasteiger partial charge < -0.3 is 5.11 Å². The molecule has 1 aliphatic rings. The summed E-state index contributed by atoms with van der Waals surface area (Å²) in [5, 5.41) is 9.64. The van der Waals surface area contributed by atoms with Crippen molar-refractivity contribution >= 4 is 6.08 Å². The van der Waals surface area contributed by atoms with Gasteiger partial charge in [-0.05, 0) is 69.1 Å². The van der Waals surface area contributed by atoms with Crippen LogP contribution in [0.25, 0.3) is 6.08 Å². The van der Waals surface area contributed by atoms with Crippen LogP contribution in [0.3, 0.4) is 0 Å². The first-order valence-electron chi connectivity index (χ1n) is 7.05. The summed E-state index contributed by atoms with van der Waals surface area (Å²) in [6.07, 6.45) is 11.3. The van der Waals surface area contributed by atoms with Gasteiger partial charge in [0.05, 0.1) is 5.60 Å². The molecule has 1 aliphatic carbocycles. The van der Waals surface area contributed by atoms with Crippen LogP contribution in [0.15, 0.2) is 24.3 Å². The topological polar surface area (TPSA) is 20.2 Å². The predicted molar refractivity (Wildman–Crippen MR) is 77.6 cm³/mol. The van der Waals surface area contributed by atoms with Crippen molar-refractivity contribution in [3.8, 4) is 0 Å². The van der Waals surface area contributed by atoms with E-state index < -0.39 is 5.60 Å². The second kappa shape index (κ2) is 5.71. The average Bonchev–Trinajstić information content (AvgIpc) is 2.33. The van der Waals surface area contributed by atoms with Crippen molar-refractivity contribution < 1.29 is 5.11 Å². The van der Waals surface area contributed by atoms with Crippen LogP contribution in [0.2, 0.25) is 0 Å². The molecule has 0 atom stereocenters. The first-order valence-corrected chi connectivity index (χ1v) is 7.05. The molecule has 1 aromatic rings. The molecule has 1 nitrogen and oxygen atoms in total. The fourth-order valence-corrected chi connectivity index (χ4v) is 2.51. The minimum absolute atomic E-state index is 0.555. The zero-order chi connectivity index (χ0) is 13.0. The molecule has 0 saturated carbocycles. The average molecular weight is 244 g/mol. The Balaban J connectivity index is 1.95. The number of fused-ring (bicyclic) bond motifs is 1. The SMILES string of the molecule is CC(C)(O)CC/C=C/c1ccc2c(c1)CCCC2. The van der Waals surface area contributed by atoms with E-state index in [0.29, 0.717) is 0 Å². The summed E-state index contributed by atoms with van der Waals surface area (Å²) in [6.45, 7) is 3.72. The number of benzene rings is 1. The highest BCUT2D eigenvalue weighted by Crippen LogP contribution is 2.23. The molecule has 0 spiro atoms. The molecule has 1 N–H and O–H groups in total. The van der Waals surface area contributed by atoms with E-state index in [1.165, 1.54) is 42.4 Å². The van der Waals surface area contributed by atoms with Crippen LogP contribution in [0.1, 0.15) is 56.2 Å². The monoisotopic (exact) mass is 244 g/mol. The number of hydrogen-bond acceptors (Lipinski definition) is 1. The maximum Gasteiger partial charge on any atom is 0.0594 e. The molecule has 0 radical (unpaired) electrons. The Kier molecular flexibility index (Phi) is 4.23. The molecule has 1 heteroatoms. The number of hydrogen-bond donors (Lipinski definition) is 1. The van der Waals surface area contributed by atoms with Crippen molar-refractivity contribution in [3.05, 3.63) is 41.0 Å². The Bertz CT molecular complexity index is 424. The molecule has 98 valence electrons. The Morgan fingerprint density at radius 1 is 1.17 bits per heavy atom. The van der Waals surface area contributed by atoms with E-state index in [0.717, 1.165) is 12.8 Å². The van der Waals surface area contributed by atoms with Crippen LogP contribution >= 0.6 is 0 Å². The molecule has 0 amide bonds. The van der Waals surface area contributed by atoms with Crippen LogP contribution in [0.4, 0.5) is 0 Å². The molecule has 2 rings (SSSR count). The Morgan fingerprint density at radius 2 is 1.89 bits per heavy atom. The molecule has 0 bridgehead atoms. The molecule has 0 aliphatic heterocycles. The lowest BCUT2D eigenvalue weighted by Crippen LogP contribution is -2.17. The predicted octanol–water partition coefficient (Wildman–Crippen LogP) is 4.13. The van der Waals surface area contributed by atoms with Gasteiger partial charge in [-0.3, -0.25) is 0 Å². The maximum atomic E-state index is 9.64. The van der Waals surface area contributed by atoms with E-state index in [1.54, 1.807) is 0 Å². The molecule has 18 heavy (non-hydrogen) atoms. The van der Waals surface area contributed by atoms with E-state index in [2.05, 4.69) is 30.4 Å². The zero-order valence-corrected chi connectivity index (χ0v) is 11.6. The summed E-state index contributed by atoms with van der Waals surface area (Å²) < 4.78 is 0. The Hall–Kier alpha value is -1.08. The lowest BCUT2D eigenvalue weighted by atomic mass is 9.90. The first-order chi connectivity index (χ1) is 8.54. The normalized spacial score (nSPS) is 15.9. The number of allylic oxidation sites excluding steroid dienone is 1. The van der Waals surface area contributed by atoms with Crippen molar-refractivity contribution in [1.82, 2.24) is 0 Å². The maximum absolute atomic E-state index is 9.64. The quantitative estimate of drug-likeness (QED) is 0.844. The molecule has 0 aromatic heterocycles. The molecule has 0 fully saturated rings. The standard InChI is InChI=1S/C17H24O/c1-17(2,18)12-6-5-7-14-10-11-15-8-3-4-9-16(15)13-14/h5,7,10-11,13,18H,3-4,6,8-9,12H2,1-2H3/b7-5+. The number of aryl methyl sites for hydroxylation is 2. The Morgan fingerprint density at radius 3 is 2.61 bits per heavy atom. The molecule has 0 heterocycles. The second-order valence-corrected chi connectivity index (χ2v) is 5.99. The van der Waals surface area contributed by atoms with Gasteiger partial charge in [-0.1, -0.05) is 30.4 Å². The summed E-state index contributed by atoms with van der Waals surface area (Å²) in [6, 6.07) is 6.82. The van der Waals surface area contributed by atoms with Gasteiger partial charge >= 0.3 is 0 Å². The summed E-state index contributed by atoms with van der Waals surface area (Å²) >= 11 is 0. The largest absolute Gasteiger partial charge is 0.390 e. The van der Waals surface area contributed by atoms with Gasteiger partial charge in [0.1, 0.15) is 0 Å². The molecule has 0 unspecified atom stereocenters. The summed E-state index contributed by atoms with van der Waals surface area (Å²) in [5.41, 5.74) is 3.81. The van der Waals surface area contributed by atoms with Crippen molar-refractivity contribution in [2.45, 2.75) is 58.0 Å². The number of rotatable bonds is 4. The first kappa shape index (κ1) is 13.4. The minimum Gasteiger partial charge on any atom is -0.390 e. The summed E-state index contributed by atoms with van der Waals surface area (Å²) in [5.74, 6) is 0. The van der Waals surface area contributed by atoms with Gasteiger partial charge in [-0.15, -0.1) is 0 Å². The third-order valence-corrected chi connectivity index (χ3v) is 3.61. The highest BCUT2D eigenvalue weighted by atomic mass is 16.3. The highest BCUT2D eigenvalue weighted by Gasteiger charge is 2.10. The second-order valence-electron chi connectivity index (χ2n) is 5.99. The van der Waals surface area contributed by atoms with E-state index in [4.69, 9.17) is 0 Å². The summed E-state index contributed by atoms with van der Waals surface area (Å²) in [7, 11) is 0. The fraction of sp³-hybridized carbons (Fsp3) is 0.529. The van der Waals surface area contributed by atoms with Crippen molar-refractivity contribution in [1.29, 1.82) is 0 Å². The van der Waals surface area contributed by atoms with Crippen LogP contribution in [-0.4, -0.2) is 10.7 Å². The van der Waals surface area contributed by atoms with Crippen molar-refractivity contribution in [2.75, 3.05) is 0 Å². The third kappa shape index (κ3) is 3.99. The minimum atomic E-state index is -0.555. The highest BCUT2D eigenvalue weighted by molar-refractivity contribution is 5.52. The lowest BCUT2D eigenvalue weighted by molar-refractivity contribution is 0.0722. The van der Waals surface area contributed by atoms with Crippen LogP contribution in [0.5, 0.6) is 0 Å². The van der Waals surface area contributed by atoms with Crippen molar-refractivity contribution in [2.24, 2.45) is 0 Å². The van der Waals surface area contributed by atoms with Gasteiger partial charge in [0.25, 0.3) is 0 Å². The van der Waals surface area contributed by atoms with E-state index in [9.17, 15) is 5.11 Å². The lowest BCUT2D eigenvalue weighted by Gasteiger charge is -2.16. The van der Waals surface area contributed by atoms with Crippen LogP contribution < -0.4 is 0 Å². The van der Waals surface area contributed by atoms with Gasteiger partial charge in [-0.25, -0.2) is 0 Å². The van der Waals surface area contributed by atoms with Gasteiger partial charge in [0, 0.05) is 0 Å². The molecular weight excluding hydrogens is 220 g/mol. The smallest absolute Gasteiger partial charge is 0.0594 e. The molecular formula is C17H24O. The van der Waals surface area contributed by atoms with Crippen LogP contribution in [0, 0.1) is 0 Å². The van der Waals surface area contributed by atoms with Crippen LogP contribution in [-0.2, 0) is 12.8 Å².